The number of phenols is 1. The fourth-order valence-corrected chi connectivity index (χ4v) is 2.37. The van der Waals surface area contributed by atoms with Gasteiger partial charge in [0.15, 0.2) is 0 Å². The lowest BCUT2D eigenvalue weighted by molar-refractivity contribution is -0.142. The topological polar surface area (TPSA) is 142 Å². The van der Waals surface area contributed by atoms with E-state index in [1.54, 1.807) is 26.0 Å². The Morgan fingerprint density at radius 3 is 2.15 bits per heavy atom. The third-order valence-electron chi connectivity index (χ3n) is 3.77. The molecule has 2 amide bonds. The molecule has 0 aliphatic carbocycles. The van der Waals surface area contributed by atoms with E-state index in [1.807, 2.05) is 0 Å². The fraction of sp³-hybridized carbons (Fsp3) is 0.471. The van der Waals surface area contributed by atoms with Crippen molar-refractivity contribution in [1.29, 1.82) is 0 Å². The van der Waals surface area contributed by atoms with E-state index in [4.69, 9.17) is 5.73 Å². The molecule has 1 aromatic carbocycles. The summed E-state index contributed by atoms with van der Waals surface area (Å²) in [5, 5.41) is 23.7. The largest absolute Gasteiger partial charge is 0.508 e. The van der Waals surface area contributed by atoms with Gasteiger partial charge < -0.3 is 26.6 Å². The van der Waals surface area contributed by atoms with Gasteiger partial charge in [-0.3, -0.25) is 9.59 Å². The van der Waals surface area contributed by atoms with Crippen LogP contribution < -0.4 is 16.4 Å². The summed E-state index contributed by atoms with van der Waals surface area (Å²) in [4.78, 5) is 35.9. The maximum atomic E-state index is 12.5. The van der Waals surface area contributed by atoms with Crippen molar-refractivity contribution in [3.8, 4) is 5.75 Å². The number of aliphatic carboxylic acids is 1. The van der Waals surface area contributed by atoms with Crippen molar-refractivity contribution in [3.63, 3.8) is 0 Å². The van der Waals surface area contributed by atoms with Crippen molar-refractivity contribution in [1.82, 2.24) is 10.6 Å². The van der Waals surface area contributed by atoms with Crippen LogP contribution in [0.5, 0.6) is 5.75 Å². The molecule has 6 N–H and O–H groups in total. The third-order valence-corrected chi connectivity index (χ3v) is 4.16. The quantitative estimate of drug-likeness (QED) is 0.329. The van der Waals surface area contributed by atoms with Gasteiger partial charge >= 0.3 is 5.97 Å². The Bertz CT molecular complexity index is 636. The Labute approximate surface area is 157 Å². The molecule has 26 heavy (non-hydrogen) atoms. The van der Waals surface area contributed by atoms with Crippen molar-refractivity contribution >= 4 is 30.4 Å². The number of carbonyl (C=O) groups is 3. The van der Waals surface area contributed by atoms with Crippen molar-refractivity contribution in [2.24, 2.45) is 11.7 Å². The normalized spacial score (nSPS) is 14.3. The molecule has 0 aliphatic heterocycles. The Hall–Kier alpha value is -2.26. The molecule has 1 rings (SSSR count). The number of phenolic OH excluding ortho intramolecular Hbond substituents is 1. The maximum absolute atomic E-state index is 12.5. The SMILES string of the molecule is CC(C)[C@H](NC(=O)[C@@H](N)CS)C(=O)N[C@@H](Cc1ccc(O)cc1)C(=O)O. The summed E-state index contributed by atoms with van der Waals surface area (Å²) in [5.74, 6) is -2.42. The first-order valence-electron chi connectivity index (χ1n) is 8.13. The van der Waals surface area contributed by atoms with Crippen LogP contribution in [0.15, 0.2) is 24.3 Å². The molecule has 8 nitrogen and oxygen atoms in total. The first-order valence-corrected chi connectivity index (χ1v) is 8.76. The van der Waals surface area contributed by atoms with Gasteiger partial charge in [-0.15, -0.1) is 0 Å². The molecule has 0 saturated carbocycles. The molecule has 9 heteroatoms. The average Bonchev–Trinajstić information content (AvgIpc) is 2.59. The number of hydrogen-bond donors (Lipinski definition) is 6. The Morgan fingerprint density at radius 2 is 1.69 bits per heavy atom. The molecule has 0 radical (unpaired) electrons. The average molecular weight is 383 g/mol. The van der Waals surface area contributed by atoms with Crippen LogP contribution in [-0.2, 0) is 20.8 Å². The predicted molar refractivity (Wildman–Crippen MR) is 100.0 cm³/mol. The van der Waals surface area contributed by atoms with E-state index in [1.165, 1.54) is 12.1 Å². The molecule has 0 spiro atoms. The summed E-state index contributed by atoms with van der Waals surface area (Å²) < 4.78 is 0. The lowest BCUT2D eigenvalue weighted by atomic mass is 10.0. The van der Waals surface area contributed by atoms with E-state index in [0.717, 1.165) is 0 Å². The number of carbonyl (C=O) groups excluding carboxylic acids is 2. The van der Waals surface area contributed by atoms with Gasteiger partial charge in [-0.05, 0) is 23.6 Å². The highest BCUT2D eigenvalue weighted by Crippen LogP contribution is 2.12. The number of nitrogens with one attached hydrogen (secondary N) is 2. The number of nitrogens with two attached hydrogens (primary N) is 1. The van der Waals surface area contributed by atoms with Gasteiger partial charge in [0.1, 0.15) is 17.8 Å². The Balaban J connectivity index is 2.83. The van der Waals surface area contributed by atoms with Crippen LogP contribution in [0.2, 0.25) is 0 Å². The van der Waals surface area contributed by atoms with Gasteiger partial charge in [0.05, 0.1) is 6.04 Å². The van der Waals surface area contributed by atoms with E-state index < -0.39 is 35.9 Å². The van der Waals surface area contributed by atoms with Crippen molar-refractivity contribution in [2.45, 2.75) is 38.4 Å². The minimum Gasteiger partial charge on any atom is -0.508 e. The lowest BCUT2D eigenvalue weighted by Gasteiger charge is -2.25. The van der Waals surface area contributed by atoms with E-state index in [9.17, 15) is 24.6 Å². The smallest absolute Gasteiger partial charge is 0.326 e. The number of aromatic hydroxyl groups is 1. The highest BCUT2D eigenvalue weighted by molar-refractivity contribution is 7.80. The molecule has 0 heterocycles. The van der Waals surface area contributed by atoms with Crippen molar-refractivity contribution < 1.29 is 24.6 Å². The first kappa shape index (κ1) is 21.8. The summed E-state index contributed by atoms with van der Waals surface area (Å²) in [5.41, 5.74) is 6.23. The van der Waals surface area contributed by atoms with Crippen LogP contribution >= 0.6 is 12.6 Å². The Morgan fingerprint density at radius 1 is 1.12 bits per heavy atom. The predicted octanol–water partition coefficient (Wildman–Crippen LogP) is -0.0980. The summed E-state index contributed by atoms with van der Waals surface area (Å²) >= 11 is 3.94. The number of amides is 2. The van der Waals surface area contributed by atoms with Crippen molar-refractivity contribution in [3.05, 3.63) is 29.8 Å². The lowest BCUT2D eigenvalue weighted by Crippen LogP contribution is -2.56. The van der Waals surface area contributed by atoms with Crippen LogP contribution in [0.3, 0.4) is 0 Å². The molecule has 144 valence electrons. The number of carboxylic acid groups (broad SMARTS) is 1. The molecule has 0 unspecified atom stereocenters. The van der Waals surface area contributed by atoms with Crippen LogP contribution in [0.1, 0.15) is 19.4 Å². The monoisotopic (exact) mass is 383 g/mol. The van der Waals surface area contributed by atoms with Gasteiger partial charge in [-0.25, -0.2) is 4.79 Å². The van der Waals surface area contributed by atoms with Crippen LogP contribution in [0.25, 0.3) is 0 Å². The highest BCUT2D eigenvalue weighted by atomic mass is 32.1. The molecule has 1 aromatic rings. The second-order valence-corrected chi connectivity index (χ2v) is 6.65. The summed E-state index contributed by atoms with van der Waals surface area (Å²) in [7, 11) is 0. The minimum absolute atomic E-state index is 0.0380. The second-order valence-electron chi connectivity index (χ2n) is 6.29. The third kappa shape index (κ3) is 6.57. The zero-order chi connectivity index (χ0) is 19.9. The van der Waals surface area contributed by atoms with Gasteiger partial charge in [-0.1, -0.05) is 26.0 Å². The number of thiol groups is 1. The van der Waals surface area contributed by atoms with Gasteiger partial charge in [0.25, 0.3) is 0 Å². The van der Waals surface area contributed by atoms with Gasteiger partial charge in [-0.2, -0.15) is 12.6 Å². The molecule has 0 aromatic heterocycles. The van der Waals surface area contributed by atoms with E-state index in [2.05, 4.69) is 23.3 Å². The van der Waals surface area contributed by atoms with Crippen molar-refractivity contribution in [2.75, 3.05) is 5.75 Å². The second kappa shape index (κ2) is 10.0. The van der Waals surface area contributed by atoms with E-state index in [-0.39, 0.29) is 23.8 Å². The molecule has 3 atom stereocenters. The van der Waals surface area contributed by atoms with Gasteiger partial charge in [0, 0.05) is 12.2 Å². The highest BCUT2D eigenvalue weighted by Gasteiger charge is 2.29. The standard InChI is InChI=1S/C17H25N3O5S/c1-9(2)14(20-15(22)12(18)8-26)16(23)19-13(17(24)25)7-10-3-5-11(21)6-4-10/h3-6,9,12-14,21,26H,7-8,18H2,1-2H3,(H,19,23)(H,20,22)(H,24,25)/t12-,13-,14-/m0/s1. The zero-order valence-electron chi connectivity index (χ0n) is 14.7. The van der Waals surface area contributed by atoms with Gasteiger partial charge in [0.2, 0.25) is 11.8 Å². The first-order chi connectivity index (χ1) is 12.1. The maximum Gasteiger partial charge on any atom is 0.326 e. The molecular weight excluding hydrogens is 358 g/mol. The number of benzene rings is 1. The molecule has 0 bridgehead atoms. The molecule has 0 fully saturated rings. The minimum atomic E-state index is -1.20. The zero-order valence-corrected chi connectivity index (χ0v) is 15.6. The van der Waals surface area contributed by atoms with E-state index >= 15 is 0 Å². The number of carboxylic acids is 1. The van der Waals surface area contributed by atoms with E-state index in [0.29, 0.717) is 5.56 Å². The Kier molecular flexibility index (Phi) is 8.40. The van der Waals surface area contributed by atoms with Crippen LogP contribution in [0.4, 0.5) is 0 Å². The molecular formula is C17H25N3O5S. The molecule has 0 saturated heterocycles. The fourth-order valence-electron chi connectivity index (χ4n) is 2.21. The summed E-state index contributed by atoms with van der Waals surface area (Å²) in [6.07, 6.45) is 0.0380. The summed E-state index contributed by atoms with van der Waals surface area (Å²) in [6.45, 7) is 3.46. The summed E-state index contributed by atoms with van der Waals surface area (Å²) in [6, 6.07) is 3.06. The van der Waals surface area contributed by atoms with Crippen LogP contribution in [0, 0.1) is 5.92 Å². The number of hydrogen-bond acceptors (Lipinski definition) is 6. The van der Waals surface area contributed by atoms with Crippen LogP contribution in [-0.4, -0.2) is 51.9 Å². The molecule has 0 aliphatic rings. The number of rotatable bonds is 9.